The van der Waals surface area contributed by atoms with Crippen LogP contribution in [0.2, 0.25) is 0 Å². The predicted molar refractivity (Wildman–Crippen MR) is 99.0 cm³/mol. The second-order valence-corrected chi connectivity index (χ2v) is 6.78. The molecule has 0 atom stereocenters. The van der Waals surface area contributed by atoms with E-state index in [9.17, 15) is 14.4 Å². The third-order valence-corrected chi connectivity index (χ3v) is 4.54. The Bertz CT molecular complexity index is 415. The highest BCUT2D eigenvalue weighted by molar-refractivity contribution is 5.67. The number of unbranched alkanes of at least 4 members (excludes halogenated alkanes) is 4. The molecule has 0 unspecified atom stereocenters. The minimum absolute atomic E-state index is 0.0871. The predicted octanol–water partition coefficient (Wildman–Crippen LogP) is 3.14. The van der Waals surface area contributed by atoms with Crippen LogP contribution in [0.5, 0.6) is 0 Å². The van der Waals surface area contributed by atoms with E-state index in [4.69, 9.17) is 15.3 Å². The molecular formula is C19H34NO6+. The van der Waals surface area contributed by atoms with Crippen molar-refractivity contribution in [2.75, 3.05) is 26.2 Å². The van der Waals surface area contributed by atoms with Gasteiger partial charge in [-0.25, -0.2) is 0 Å². The monoisotopic (exact) mass is 372 g/mol. The third-order valence-electron chi connectivity index (χ3n) is 4.54. The third kappa shape index (κ3) is 13.4. The van der Waals surface area contributed by atoms with Crippen LogP contribution in [0, 0.1) is 0 Å². The fourth-order valence-electron chi connectivity index (χ4n) is 2.94. The Morgan fingerprint density at radius 1 is 0.692 bits per heavy atom. The second-order valence-electron chi connectivity index (χ2n) is 6.78. The van der Waals surface area contributed by atoms with Crippen molar-refractivity contribution in [1.29, 1.82) is 0 Å². The summed E-state index contributed by atoms with van der Waals surface area (Å²) in [5.41, 5.74) is 0. The SMILES string of the molecule is CCCC/C=C/CCCC[N+](CCC(=O)O)(CCC(=O)O)CCC(=O)O. The Morgan fingerprint density at radius 3 is 1.50 bits per heavy atom. The van der Waals surface area contributed by atoms with Gasteiger partial charge in [0.25, 0.3) is 0 Å². The van der Waals surface area contributed by atoms with Crippen LogP contribution in [-0.2, 0) is 14.4 Å². The smallest absolute Gasteiger partial charge is 0.309 e. The maximum atomic E-state index is 11.0. The van der Waals surface area contributed by atoms with Gasteiger partial charge in [0.2, 0.25) is 0 Å². The molecule has 0 bridgehead atoms. The summed E-state index contributed by atoms with van der Waals surface area (Å²) in [7, 11) is 0. The van der Waals surface area contributed by atoms with Crippen molar-refractivity contribution < 1.29 is 34.2 Å². The molecule has 0 radical (unpaired) electrons. The number of nitrogens with zero attached hydrogens (tertiary/aromatic N) is 1. The molecule has 0 aliphatic rings. The van der Waals surface area contributed by atoms with Gasteiger partial charge in [-0.05, 0) is 25.7 Å². The van der Waals surface area contributed by atoms with Gasteiger partial charge in [-0.1, -0.05) is 31.9 Å². The summed E-state index contributed by atoms with van der Waals surface area (Å²) < 4.78 is 0.241. The van der Waals surface area contributed by atoms with Crippen LogP contribution in [0.4, 0.5) is 0 Å². The van der Waals surface area contributed by atoms with Gasteiger partial charge in [-0.15, -0.1) is 0 Å². The number of hydrogen-bond donors (Lipinski definition) is 3. The van der Waals surface area contributed by atoms with Gasteiger partial charge >= 0.3 is 17.9 Å². The van der Waals surface area contributed by atoms with Crippen molar-refractivity contribution in [2.24, 2.45) is 0 Å². The number of hydrogen-bond acceptors (Lipinski definition) is 3. The van der Waals surface area contributed by atoms with Gasteiger partial charge in [0.05, 0.1) is 45.4 Å². The Hall–Kier alpha value is -1.89. The molecule has 0 aliphatic carbocycles. The number of allylic oxidation sites excluding steroid dienone is 2. The van der Waals surface area contributed by atoms with E-state index >= 15 is 0 Å². The van der Waals surface area contributed by atoms with E-state index in [0.717, 1.165) is 25.7 Å². The quantitative estimate of drug-likeness (QED) is 0.205. The maximum Gasteiger partial charge on any atom is 0.309 e. The van der Waals surface area contributed by atoms with Gasteiger partial charge in [-0.2, -0.15) is 0 Å². The molecule has 0 amide bonds. The lowest BCUT2D eigenvalue weighted by atomic mass is 10.1. The average molecular weight is 372 g/mol. The summed E-state index contributed by atoms with van der Waals surface area (Å²) in [6.45, 7) is 3.56. The molecule has 26 heavy (non-hydrogen) atoms. The molecule has 0 aromatic rings. The average Bonchev–Trinajstić information content (AvgIpc) is 2.57. The molecule has 0 fully saturated rings. The van der Waals surface area contributed by atoms with Crippen LogP contribution in [0.3, 0.4) is 0 Å². The highest BCUT2D eigenvalue weighted by atomic mass is 16.4. The largest absolute Gasteiger partial charge is 0.481 e. The van der Waals surface area contributed by atoms with Crippen molar-refractivity contribution in [3.8, 4) is 0 Å². The van der Waals surface area contributed by atoms with E-state index < -0.39 is 17.9 Å². The molecular weight excluding hydrogens is 338 g/mol. The second kappa shape index (κ2) is 14.3. The lowest BCUT2D eigenvalue weighted by molar-refractivity contribution is -0.927. The van der Waals surface area contributed by atoms with E-state index in [1.54, 1.807) is 0 Å². The summed E-state index contributed by atoms with van der Waals surface area (Å²) in [6.07, 6.45) is 10.2. The molecule has 0 rings (SSSR count). The molecule has 0 spiro atoms. The summed E-state index contributed by atoms with van der Waals surface area (Å²) in [5.74, 6) is -2.84. The van der Waals surface area contributed by atoms with Crippen molar-refractivity contribution in [3.63, 3.8) is 0 Å². The zero-order valence-electron chi connectivity index (χ0n) is 15.9. The number of carboxylic acids is 3. The van der Waals surface area contributed by atoms with Crippen molar-refractivity contribution in [1.82, 2.24) is 0 Å². The molecule has 0 aromatic carbocycles. The lowest BCUT2D eigenvalue weighted by Gasteiger charge is -2.38. The Kier molecular flexibility index (Phi) is 13.3. The first-order valence-corrected chi connectivity index (χ1v) is 9.47. The Labute approximate surface area is 155 Å². The zero-order chi connectivity index (χ0) is 19.8. The lowest BCUT2D eigenvalue weighted by Crippen LogP contribution is -2.52. The van der Waals surface area contributed by atoms with Crippen LogP contribution in [0.25, 0.3) is 0 Å². The molecule has 0 saturated heterocycles. The molecule has 7 nitrogen and oxygen atoms in total. The fourth-order valence-corrected chi connectivity index (χ4v) is 2.94. The number of quaternary nitrogens is 1. The minimum Gasteiger partial charge on any atom is -0.481 e. The number of rotatable bonds is 17. The first kappa shape index (κ1) is 24.1. The first-order chi connectivity index (χ1) is 12.3. The van der Waals surface area contributed by atoms with Gasteiger partial charge in [-0.3, -0.25) is 14.4 Å². The number of aliphatic carboxylic acids is 3. The molecule has 150 valence electrons. The summed E-state index contributed by atoms with van der Waals surface area (Å²) in [5, 5.41) is 27.0. The van der Waals surface area contributed by atoms with E-state index in [2.05, 4.69) is 19.1 Å². The molecule has 0 aliphatic heterocycles. The maximum absolute atomic E-state index is 11.0. The molecule has 0 aromatic heterocycles. The van der Waals surface area contributed by atoms with Crippen molar-refractivity contribution in [2.45, 2.75) is 64.7 Å². The summed E-state index contributed by atoms with van der Waals surface area (Å²) in [4.78, 5) is 32.9. The van der Waals surface area contributed by atoms with Gasteiger partial charge < -0.3 is 19.8 Å². The number of carbonyl (C=O) groups is 3. The van der Waals surface area contributed by atoms with E-state index in [-0.39, 0.29) is 43.4 Å². The Balaban J connectivity index is 4.71. The van der Waals surface area contributed by atoms with Gasteiger partial charge in [0, 0.05) is 0 Å². The van der Waals surface area contributed by atoms with Crippen LogP contribution < -0.4 is 0 Å². The zero-order valence-corrected chi connectivity index (χ0v) is 15.9. The van der Waals surface area contributed by atoms with E-state index in [0.29, 0.717) is 6.54 Å². The van der Waals surface area contributed by atoms with Gasteiger partial charge in [0.1, 0.15) is 0 Å². The topological polar surface area (TPSA) is 112 Å². The molecule has 0 saturated carbocycles. The fraction of sp³-hybridized carbons (Fsp3) is 0.737. The van der Waals surface area contributed by atoms with Crippen LogP contribution >= 0.6 is 0 Å². The number of carboxylic acid groups (broad SMARTS) is 3. The normalized spacial score (nSPS) is 11.7. The van der Waals surface area contributed by atoms with Gasteiger partial charge in [0.15, 0.2) is 0 Å². The van der Waals surface area contributed by atoms with Crippen LogP contribution in [0.1, 0.15) is 64.7 Å². The van der Waals surface area contributed by atoms with Crippen molar-refractivity contribution in [3.05, 3.63) is 12.2 Å². The highest BCUT2D eigenvalue weighted by Gasteiger charge is 2.29. The summed E-state index contributed by atoms with van der Waals surface area (Å²) in [6, 6.07) is 0. The minimum atomic E-state index is -0.947. The molecule has 3 N–H and O–H groups in total. The van der Waals surface area contributed by atoms with E-state index in [1.807, 2.05) is 0 Å². The van der Waals surface area contributed by atoms with E-state index in [1.165, 1.54) is 12.8 Å². The van der Waals surface area contributed by atoms with Crippen LogP contribution in [0.15, 0.2) is 12.2 Å². The molecule has 0 heterocycles. The molecule has 7 heteroatoms. The Morgan fingerprint density at radius 2 is 1.12 bits per heavy atom. The highest BCUT2D eigenvalue weighted by Crippen LogP contribution is 2.15. The summed E-state index contributed by atoms with van der Waals surface area (Å²) >= 11 is 0. The van der Waals surface area contributed by atoms with Crippen LogP contribution in [-0.4, -0.2) is 63.9 Å². The standard InChI is InChI=1S/C19H33NO6/c1-2-3-4-5-6-7-8-9-13-20(14-10-17(21)22,15-11-18(23)24)16-12-19(25)26/h5-6H,2-4,7-16H2,1H3,(H2-,21,22,23,24,25,26)/p+1/b6-5+. The van der Waals surface area contributed by atoms with Crippen molar-refractivity contribution >= 4 is 17.9 Å². The first-order valence-electron chi connectivity index (χ1n) is 9.47.